The molecule has 3 nitrogen and oxygen atoms in total. The van der Waals surface area contributed by atoms with Gasteiger partial charge in [0.2, 0.25) is 5.91 Å². The van der Waals surface area contributed by atoms with Gasteiger partial charge in [0.1, 0.15) is 0 Å². The lowest BCUT2D eigenvalue weighted by atomic mass is 10.1. The third kappa shape index (κ3) is 5.33. The summed E-state index contributed by atoms with van der Waals surface area (Å²) in [5.41, 5.74) is 2.51. The van der Waals surface area contributed by atoms with Gasteiger partial charge in [-0.2, -0.15) is 0 Å². The molecule has 0 saturated carbocycles. The first-order valence-electron chi connectivity index (χ1n) is 7.24. The van der Waals surface area contributed by atoms with E-state index in [1.807, 2.05) is 17.5 Å². The number of nitrogens with one attached hydrogen (secondary N) is 1. The smallest absolute Gasteiger partial charge is 0.234 e. The van der Waals surface area contributed by atoms with Gasteiger partial charge in [-0.3, -0.25) is 9.69 Å². The molecule has 2 rings (SSSR count). The van der Waals surface area contributed by atoms with Crippen LogP contribution in [0, 0.1) is 6.92 Å². The highest BCUT2D eigenvalue weighted by molar-refractivity contribution is 7.09. The molecule has 112 valence electrons. The van der Waals surface area contributed by atoms with Crippen LogP contribution in [0.3, 0.4) is 0 Å². The topological polar surface area (TPSA) is 32.3 Å². The summed E-state index contributed by atoms with van der Waals surface area (Å²) in [6, 6.07) is 12.5. The molecule has 4 heteroatoms. The highest BCUT2D eigenvalue weighted by atomic mass is 32.1. The number of carbonyl (C=O) groups is 1. The van der Waals surface area contributed by atoms with E-state index < -0.39 is 0 Å². The average molecular weight is 302 g/mol. The van der Waals surface area contributed by atoms with Crippen molar-refractivity contribution < 1.29 is 4.79 Å². The van der Waals surface area contributed by atoms with Crippen LogP contribution in [-0.2, 0) is 17.9 Å². The van der Waals surface area contributed by atoms with E-state index in [4.69, 9.17) is 0 Å². The Balaban J connectivity index is 1.82. The molecule has 1 N–H and O–H groups in total. The molecule has 0 atom stereocenters. The zero-order valence-corrected chi connectivity index (χ0v) is 13.5. The van der Waals surface area contributed by atoms with E-state index in [2.05, 4.69) is 48.3 Å². The van der Waals surface area contributed by atoms with Gasteiger partial charge in [0.05, 0.1) is 13.1 Å². The Hall–Kier alpha value is -1.65. The van der Waals surface area contributed by atoms with Crippen molar-refractivity contribution in [3.8, 4) is 0 Å². The zero-order valence-electron chi connectivity index (χ0n) is 12.6. The van der Waals surface area contributed by atoms with Crippen LogP contribution in [-0.4, -0.2) is 23.9 Å². The summed E-state index contributed by atoms with van der Waals surface area (Å²) in [5.74, 6) is 0.0814. The number of aryl methyl sites for hydroxylation is 1. The molecule has 21 heavy (non-hydrogen) atoms. The Morgan fingerprint density at radius 1 is 1.29 bits per heavy atom. The van der Waals surface area contributed by atoms with Crippen LogP contribution < -0.4 is 5.32 Å². The number of nitrogens with zero attached hydrogens (tertiary/aromatic N) is 1. The van der Waals surface area contributed by atoms with Crippen LogP contribution in [0.15, 0.2) is 41.8 Å². The zero-order chi connectivity index (χ0) is 15.1. The fourth-order valence-corrected chi connectivity index (χ4v) is 2.85. The minimum atomic E-state index is 0.0814. The summed E-state index contributed by atoms with van der Waals surface area (Å²) in [5, 5.41) is 5.00. The number of thiophene rings is 1. The molecule has 1 heterocycles. The van der Waals surface area contributed by atoms with Gasteiger partial charge in [0.25, 0.3) is 0 Å². The molecule has 0 saturated heterocycles. The highest BCUT2D eigenvalue weighted by Gasteiger charge is 2.09. The van der Waals surface area contributed by atoms with E-state index in [1.54, 1.807) is 11.3 Å². The van der Waals surface area contributed by atoms with Crippen LogP contribution in [0.2, 0.25) is 0 Å². The number of benzene rings is 1. The van der Waals surface area contributed by atoms with Crippen molar-refractivity contribution >= 4 is 17.2 Å². The van der Waals surface area contributed by atoms with Gasteiger partial charge < -0.3 is 5.32 Å². The van der Waals surface area contributed by atoms with Crippen LogP contribution in [0.4, 0.5) is 0 Å². The predicted octanol–water partition coefficient (Wildman–Crippen LogP) is 3.19. The van der Waals surface area contributed by atoms with Crippen molar-refractivity contribution in [3.05, 3.63) is 57.8 Å². The number of carbonyl (C=O) groups excluding carboxylic acids is 1. The van der Waals surface area contributed by atoms with E-state index in [0.717, 1.165) is 13.1 Å². The van der Waals surface area contributed by atoms with Gasteiger partial charge in [-0.05, 0) is 30.5 Å². The first-order valence-corrected chi connectivity index (χ1v) is 8.12. The lowest BCUT2D eigenvalue weighted by molar-refractivity contribution is -0.122. The Bertz CT molecular complexity index is 566. The van der Waals surface area contributed by atoms with Gasteiger partial charge in [0.15, 0.2) is 0 Å². The lowest BCUT2D eigenvalue weighted by Crippen LogP contribution is -2.36. The first kappa shape index (κ1) is 15.7. The maximum Gasteiger partial charge on any atom is 0.234 e. The number of likely N-dealkylation sites (N-methyl/N-ethyl adjacent to an activating group) is 1. The van der Waals surface area contributed by atoms with Crippen molar-refractivity contribution in [2.75, 3.05) is 13.1 Å². The van der Waals surface area contributed by atoms with Crippen LogP contribution in [0.5, 0.6) is 0 Å². The van der Waals surface area contributed by atoms with E-state index in [1.165, 1.54) is 16.0 Å². The van der Waals surface area contributed by atoms with Crippen molar-refractivity contribution in [2.24, 2.45) is 0 Å². The maximum absolute atomic E-state index is 12.0. The molecule has 1 amide bonds. The Kier molecular flexibility index (Phi) is 5.96. The maximum atomic E-state index is 12.0. The SMILES string of the molecule is CCN(CC(=O)NCc1cccs1)Cc1cccc(C)c1. The molecule has 0 spiro atoms. The molecule has 2 aromatic rings. The summed E-state index contributed by atoms with van der Waals surface area (Å²) in [6.45, 7) is 6.91. The molecule has 0 aliphatic rings. The number of rotatable bonds is 7. The van der Waals surface area contributed by atoms with Gasteiger partial charge in [-0.1, -0.05) is 42.8 Å². The Morgan fingerprint density at radius 3 is 2.81 bits per heavy atom. The monoisotopic (exact) mass is 302 g/mol. The number of amides is 1. The second kappa shape index (κ2) is 7.96. The lowest BCUT2D eigenvalue weighted by Gasteiger charge is -2.20. The predicted molar refractivity (Wildman–Crippen MR) is 88.3 cm³/mol. The van der Waals surface area contributed by atoms with E-state index >= 15 is 0 Å². The quantitative estimate of drug-likeness (QED) is 0.852. The second-order valence-electron chi connectivity index (χ2n) is 5.15. The van der Waals surface area contributed by atoms with Crippen LogP contribution in [0.1, 0.15) is 22.9 Å². The molecule has 0 bridgehead atoms. The fraction of sp³-hybridized carbons (Fsp3) is 0.353. The van der Waals surface area contributed by atoms with Crippen LogP contribution in [0.25, 0.3) is 0 Å². The molecule has 0 unspecified atom stereocenters. The van der Waals surface area contributed by atoms with Crippen LogP contribution >= 0.6 is 11.3 Å². The fourth-order valence-electron chi connectivity index (χ4n) is 2.21. The molecular formula is C17H22N2OS. The molecule has 1 aromatic heterocycles. The summed E-state index contributed by atoms with van der Waals surface area (Å²) in [4.78, 5) is 15.4. The first-order chi connectivity index (χ1) is 10.2. The average Bonchev–Trinajstić information content (AvgIpc) is 2.98. The van der Waals surface area contributed by atoms with Crippen molar-refractivity contribution in [1.82, 2.24) is 10.2 Å². The summed E-state index contributed by atoms with van der Waals surface area (Å²) < 4.78 is 0. The van der Waals surface area contributed by atoms with E-state index in [-0.39, 0.29) is 5.91 Å². The van der Waals surface area contributed by atoms with Gasteiger partial charge in [0, 0.05) is 11.4 Å². The molecule has 0 aliphatic heterocycles. The van der Waals surface area contributed by atoms with E-state index in [9.17, 15) is 4.79 Å². The third-order valence-electron chi connectivity index (χ3n) is 3.34. The number of hydrogen-bond donors (Lipinski definition) is 1. The van der Waals surface area contributed by atoms with Crippen molar-refractivity contribution in [3.63, 3.8) is 0 Å². The molecule has 0 aliphatic carbocycles. The standard InChI is InChI=1S/C17H22N2OS/c1-3-19(12-15-7-4-6-14(2)10-15)13-17(20)18-11-16-8-5-9-21-16/h4-10H,3,11-13H2,1-2H3,(H,18,20). The summed E-state index contributed by atoms with van der Waals surface area (Å²) in [6.07, 6.45) is 0. The minimum absolute atomic E-state index is 0.0814. The highest BCUT2D eigenvalue weighted by Crippen LogP contribution is 2.09. The second-order valence-corrected chi connectivity index (χ2v) is 6.18. The molecule has 1 aromatic carbocycles. The summed E-state index contributed by atoms with van der Waals surface area (Å²) >= 11 is 1.67. The largest absolute Gasteiger partial charge is 0.350 e. The van der Waals surface area contributed by atoms with Crippen molar-refractivity contribution in [1.29, 1.82) is 0 Å². The minimum Gasteiger partial charge on any atom is -0.350 e. The Labute approximate surface area is 130 Å². The third-order valence-corrected chi connectivity index (χ3v) is 4.22. The van der Waals surface area contributed by atoms with Gasteiger partial charge in [-0.25, -0.2) is 0 Å². The van der Waals surface area contributed by atoms with Crippen molar-refractivity contribution in [2.45, 2.75) is 26.9 Å². The normalized spacial score (nSPS) is 10.8. The summed E-state index contributed by atoms with van der Waals surface area (Å²) in [7, 11) is 0. The Morgan fingerprint density at radius 2 is 2.14 bits per heavy atom. The van der Waals surface area contributed by atoms with Gasteiger partial charge in [-0.15, -0.1) is 11.3 Å². The molecule has 0 radical (unpaired) electrons. The van der Waals surface area contributed by atoms with Gasteiger partial charge >= 0.3 is 0 Å². The molecular weight excluding hydrogens is 280 g/mol. The molecule has 0 fully saturated rings. The van der Waals surface area contributed by atoms with E-state index in [0.29, 0.717) is 13.1 Å². The number of hydrogen-bond acceptors (Lipinski definition) is 3.